The van der Waals surface area contributed by atoms with Crippen molar-refractivity contribution in [1.29, 1.82) is 0 Å². The van der Waals surface area contributed by atoms with Crippen LogP contribution in [0.15, 0.2) is 34.7 Å². The number of rotatable bonds is 5. The van der Waals surface area contributed by atoms with Crippen LogP contribution in [0.3, 0.4) is 0 Å². The Morgan fingerprint density at radius 3 is 3.00 bits per heavy atom. The molecule has 1 unspecified atom stereocenters. The van der Waals surface area contributed by atoms with Gasteiger partial charge in [-0.05, 0) is 24.6 Å². The molecule has 0 aliphatic rings. The number of nitrogens with zero attached hydrogens (tertiary/aromatic N) is 3. The van der Waals surface area contributed by atoms with E-state index in [1.807, 2.05) is 5.38 Å². The molecule has 4 nitrogen and oxygen atoms in total. The van der Waals surface area contributed by atoms with Crippen LogP contribution in [0.25, 0.3) is 10.9 Å². The second kappa shape index (κ2) is 6.81. The Kier molecular flexibility index (Phi) is 4.78. The maximum absolute atomic E-state index is 12.6. The van der Waals surface area contributed by atoms with Crippen molar-refractivity contribution in [2.45, 2.75) is 39.2 Å². The minimum absolute atomic E-state index is 0.0892. The van der Waals surface area contributed by atoms with E-state index in [1.165, 1.54) is 0 Å². The number of benzene rings is 1. The Labute approximate surface area is 143 Å². The van der Waals surface area contributed by atoms with Crippen molar-refractivity contribution < 1.29 is 0 Å². The summed E-state index contributed by atoms with van der Waals surface area (Å²) in [7, 11) is 0. The normalized spacial score (nSPS) is 12.7. The van der Waals surface area contributed by atoms with E-state index in [1.54, 1.807) is 40.4 Å². The van der Waals surface area contributed by atoms with Crippen molar-refractivity contribution in [3.05, 3.63) is 56.0 Å². The van der Waals surface area contributed by atoms with E-state index in [0.29, 0.717) is 28.4 Å². The molecule has 2 aromatic heterocycles. The highest BCUT2D eigenvalue weighted by Gasteiger charge is 2.11. The average Bonchev–Trinajstić information content (AvgIpc) is 3.00. The molecule has 0 saturated heterocycles. The lowest BCUT2D eigenvalue weighted by molar-refractivity contribution is 0.653. The summed E-state index contributed by atoms with van der Waals surface area (Å²) in [5.74, 6) is 0.462. The van der Waals surface area contributed by atoms with E-state index in [-0.39, 0.29) is 5.56 Å². The molecule has 0 fully saturated rings. The lowest BCUT2D eigenvalue weighted by atomic mass is 10.1. The monoisotopic (exact) mass is 347 g/mol. The Balaban J connectivity index is 1.90. The molecule has 23 heavy (non-hydrogen) atoms. The molecule has 1 aromatic carbocycles. The van der Waals surface area contributed by atoms with Crippen molar-refractivity contribution in [2.24, 2.45) is 0 Å². The zero-order valence-electron chi connectivity index (χ0n) is 13.1. The van der Waals surface area contributed by atoms with Gasteiger partial charge in [0, 0.05) is 16.3 Å². The Bertz CT molecular complexity index is 887. The minimum atomic E-state index is -0.0892. The second-order valence-corrected chi connectivity index (χ2v) is 7.03. The molecule has 2 heterocycles. The van der Waals surface area contributed by atoms with Gasteiger partial charge >= 0.3 is 0 Å². The maximum Gasteiger partial charge on any atom is 0.261 e. The molecule has 0 aliphatic carbocycles. The fraction of sp³-hybridized carbons (Fsp3) is 0.353. The fourth-order valence-electron chi connectivity index (χ4n) is 2.60. The van der Waals surface area contributed by atoms with Gasteiger partial charge in [0.15, 0.2) is 0 Å². The molecule has 0 saturated carbocycles. The van der Waals surface area contributed by atoms with Gasteiger partial charge in [-0.25, -0.2) is 9.97 Å². The number of fused-ring (bicyclic) bond motifs is 1. The summed E-state index contributed by atoms with van der Waals surface area (Å²) in [6.07, 6.45) is 3.85. The van der Waals surface area contributed by atoms with Crippen molar-refractivity contribution in [3.63, 3.8) is 0 Å². The molecule has 120 valence electrons. The molecular weight excluding hydrogens is 330 g/mol. The van der Waals surface area contributed by atoms with E-state index in [9.17, 15) is 4.79 Å². The van der Waals surface area contributed by atoms with Crippen LogP contribution in [-0.4, -0.2) is 14.5 Å². The number of aromatic nitrogens is 3. The van der Waals surface area contributed by atoms with Gasteiger partial charge in [-0.1, -0.05) is 31.9 Å². The van der Waals surface area contributed by atoms with Crippen LogP contribution in [0.2, 0.25) is 5.02 Å². The third kappa shape index (κ3) is 3.46. The Morgan fingerprint density at radius 2 is 2.22 bits per heavy atom. The quantitative estimate of drug-likeness (QED) is 0.684. The molecule has 3 rings (SSSR count). The summed E-state index contributed by atoms with van der Waals surface area (Å²) in [5.41, 5.74) is 1.47. The zero-order valence-corrected chi connectivity index (χ0v) is 14.7. The topological polar surface area (TPSA) is 47.8 Å². The van der Waals surface area contributed by atoms with E-state index in [4.69, 9.17) is 11.6 Å². The maximum atomic E-state index is 12.6. The van der Waals surface area contributed by atoms with Crippen LogP contribution in [0.4, 0.5) is 0 Å². The van der Waals surface area contributed by atoms with Gasteiger partial charge in [-0.3, -0.25) is 9.36 Å². The third-order valence-electron chi connectivity index (χ3n) is 3.83. The molecule has 0 bridgehead atoms. The summed E-state index contributed by atoms with van der Waals surface area (Å²) in [4.78, 5) is 21.6. The first-order valence-corrected chi connectivity index (χ1v) is 8.93. The first kappa shape index (κ1) is 16.1. The van der Waals surface area contributed by atoms with E-state index >= 15 is 0 Å². The lowest BCUT2D eigenvalue weighted by Gasteiger charge is -2.06. The average molecular weight is 348 g/mol. The summed E-state index contributed by atoms with van der Waals surface area (Å²) in [5, 5.41) is 4.23. The minimum Gasteiger partial charge on any atom is -0.293 e. The Hall–Kier alpha value is -1.72. The van der Waals surface area contributed by atoms with Gasteiger partial charge in [0.25, 0.3) is 5.56 Å². The van der Waals surface area contributed by atoms with Gasteiger partial charge in [-0.2, -0.15) is 0 Å². The van der Waals surface area contributed by atoms with Crippen molar-refractivity contribution >= 4 is 33.8 Å². The molecule has 1 atom stereocenters. The first-order chi connectivity index (χ1) is 11.1. The standard InChI is InChI=1S/C17H18ClN3OS/c1-3-4-11(2)16-20-13(9-23-16)8-21-10-19-15-6-5-12(18)7-14(15)17(21)22/h5-7,9-11H,3-4,8H2,1-2H3. The highest BCUT2D eigenvalue weighted by atomic mass is 35.5. The number of halogens is 1. The first-order valence-electron chi connectivity index (χ1n) is 7.67. The van der Waals surface area contributed by atoms with Gasteiger partial charge < -0.3 is 0 Å². The predicted molar refractivity (Wildman–Crippen MR) is 95.6 cm³/mol. The van der Waals surface area contributed by atoms with Crippen LogP contribution in [0.5, 0.6) is 0 Å². The number of hydrogen-bond acceptors (Lipinski definition) is 4. The highest BCUT2D eigenvalue weighted by molar-refractivity contribution is 7.09. The molecule has 6 heteroatoms. The Morgan fingerprint density at radius 1 is 1.39 bits per heavy atom. The summed E-state index contributed by atoms with van der Waals surface area (Å²) in [6.45, 7) is 4.80. The van der Waals surface area contributed by atoms with Gasteiger partial charge in [0.2, 0.25) is 0 Å². The molecule has 0 amide bonds. The van der Waals surface area contributed by atoms with Crippen molar-refractivity contribution in [2.75, 3.05) is 0 Å². The number of thiazole rings is 1. The summed E-state index contributed by atoms with van der Waals surface area (Å²) < 4.78 is 1.59. The van der Waals surface area contributed by atoms with Crippen molar-refractivity contribution in [1.82, 2.24) is 14.5 Å². The molecular formula is C17H18ClN3OS. The molecule has 3 aromatic rings. The molecule has 0 radical (unpaired) electrons. The SMILES string of the molecule is CCCC(C)c1nc(Cn2cnc3ccc(Cl)cc3c2=O)cs1. The van der Waals surface area contributed by atoms with Crippen LogP contribution >= 0.6 is 22.9 Å². The second-order valence-electron chi connectivity index (χ2n) is 5.71. The van der Waals surface area contributed by atoms with E-state index in [2.05, 4.69) is 23.8 Å². The van der Waals surface area contributed by atoms with Crippen LogP contribution in [0.1, 0.15) is 43.3 Å². The van der Waals surface area contributed by atoms with E-state index < -0.39 is 0 Å². The zero-order chi connectivity index (χ0) is 16.4. The van der Waals surface area contributed by atoms with Gasteiger partial charge in [0.1, 0.15) is 0 Å². The van der Waals surface area contributed by atoms with Crippen LogP contribution < -0.4 is 5.56 Å². The molecule has 0 N–H and O–H groups in total. The van der Waals surface area contributed by atoms with E-state index in [0.717, 1.165) is 23.5 Å². The molecule has 0 aliphatic heterocycles. The smallest absolute Gasteiger partial charge is 0.261 e. The fourth-order valence-corrected chi connectivity index (χ4v) is 3.67. The predicted octanol–water partition coefficient (Wildman–Crippen LogP) is 4.46. The highest BCUT2D eigenvalue weighted by Crippen LogP contribution is 2.24. The third-order valence-corrected chi connectivity index (χ3v) is 5.19. The van der Waals surface area contributed by atoms with Crippen molar-refractivity contribution in [3.8, 4) is 0 Å². The summed E-state index contributed by atoms with van der Waals surface area (Å²) in [6, 6.07) is 5.16. The number of hydrogen-bond donors (Lipinski definition) is 0. The van der Waals surface area contributed by atoms with Gasteiger partial charge in [-0.15, -0.1) is 11.3 Å². The summed E-state index contributed by atoms with van der Waals surface area (Å²) >= 11 is 7.65. The largest absolute Gasteiger partial charge is 0.293 e. The van der Waals surface area contributed by atoms with Crippen LogP contribution in [-0.2, 0) is 6.54 Å². The van der Waals surface area contributed by atoms with Gasteiger partial charge in [0.05, 0.1) is 34.5 Å². The lowest BCUT2D eigenvalue weighted by Crippen LogP contribution is -2.21. The molecule has 0 spiro atoms. The van der Waals surface area contributed by atoms with Crippen LogP contribution in [0, 0.1) is 0 Å².